The second kappa shape index (κ2) is 7.14. The highest BCUT2D eigenvalue weighted by Crippen LogP contribution is 2.22. The molecule has 21 heavy (non-hydrogen) atoms. The maximum Gasteiger partial charge on any atom is 0.227 e. The van der Waals surface area contributed by atoms with Gasteiger partial charge in [0.25, 0.3) is 0 Å². The van der Waals surface area contributed by atoms with E-state index in [0.717, 1.165) is 11.3 Å². The van der Waals surface area contributed by atoms with Crippen LogP contribution in [0.1, 0.15) is 17.5 Å². The third-order valence-electron chi connectivity index (χ3n) is 3.02. The van der Waals surface area contributed by atoms with Crippen molar-refractivity contribution < 1.29 is 9.53 Å². The lowest BCUT2D eigenvalue weighted by Crippen LogP contribution is -2.15. The van der Waals surface area contributed by atoms with Gasteiger partial charge in [0.15, 0.2) is 0 Å². The van der Waals surface area contributed by atoms with E-state index in [2.05, 4.69) is 5.32 Å². The Hall–Kier alpha value is -2.00. The van der Waals surface area contributed by atoms with Crippen LogP contribution in [0.15, 0.2) is 42.5 Å². The predicted molar refractivity (Wildman–Crippen MR) is 86.1 cm³/mol. The van der Waals surface area contributed by atoms with Gasteiger partial charge in [0.2, 0.25) is 5.91 Å². The molecule has 0 spiro atoms. The number of nitrogens with one attached hydrogen (secondary N) is 1. The van der Waals surface area contributed by atoms with Gasteiger partial charge in [0.1, 0.15) is 5.75 Å². The van der Waals surface area contributed by atoms with E-state index >= 15 is 0 Å². The Morgan fingerprint density at radius 3 is 2.43 bits per heavy atom. The number of halogens is 1. The van der Waals surface area contributed by atoms with E-state index in [1.165, 1.54) is 5.56 Å². The van der Waals surface area contributed by atoms with Crippen molar-refractivity contribution >= 4 is 23.2 Å². The van der Waals surface area contributed by atoms with E-state index in [9.17, 15) is 4.79 Å². The van der Waals surface area contributed by atoms with Crippen LogP contribution in [0, 0.1) is 13.8 Å². The molecule has 0 unspecified atom stereocenters. The van der Waals surface area contributed by atoms with Crippen LogP contribution >= 0.6 is 11.6 Å². The van der Waals surface area contributed by atoms with Crippen LogP contribution in [-0.2, 0) is 4.79 Å². The van der Waals surface area contributed by atoms with E-state index in [0.29, 0.717) is 17.3 Å². The zero-order valence-corrected chi connectivity index (χ0v) is 12.9. The summed E-state index contributed by atoms with van der Waals surface area (Å²) in [5, 5.41) is 3.33. The number of ether oxygens (including phenoxy) is 1. The topological polar surface area (TPSA) is 38.3 Å². The minimum Gasteiger partial charge on any atom is -0.493 e. The Bertz CT molecular complexity index is 623. The normalized spacial score (nSPS) is 10.2. The fourth-order valence-electron chi connectivity index (χ4n) is 1.83. The summed E-state index contributed by atoms with van der Waals surface area (Å²) in [6.07, 6.45) is 0.276. The maximum absolute atomic E-state index is 11.8. The fourth-order valence-corrected chi connectivity index (χ4v) is 2.11. The first-order valence-electron chi connectivity index (χ1n) is 6.80. The molecule has 1 N–H and O–H groups in total. The number of rotatable bonds is 5. The summed E-state index contributed by atoms with van der Waals surface area (Å²) in [5.74, 6) is 0.648. The van der Waals surface area contributed by atoms with Crippen molar-refractivity contribution in [1.29, 1.82) is 0 Å². The van der Waals surface area contributed by atoms with Gasteiger partial charge in [-0.3, -0.25) is 4.79 Å². The first-order chi connectivity index (χ1) is 10.0. The molecule has 2 aromatic carbocycles. The maximum atomic E-state index is 11.8. The molecule has 0 aliphatic heterocycles. The molecule has 0 fully saturated rings. The van der Waals surface area contributed by atoms with Crippen LogP contribution in [0.4, 0.5) is 5.69 Å². The van der Waals surface area contributed by atoms with Crippen molar-refractivity contribution in [3.05, 3.63) is 58.6 Å². The highest BCUT2D eigenvalue weighted by atomic mass is 35.5. The summed E-state index contributed by atoms with van der Waals surface area (Å²) in [4.78, 5) is 11.8. The second-order valence-electron chi connectivity index (χ2n) is 4.94. The van der Waals surface area contributed by atoms with Crippen molar-refractivity contribution in [2.24, 2.45) is 0 Å². The van der Waals surface area contributed by atoms with E-state index in [4.69, 9.17) is 16.3 Å². The van der Waals surface area contributed by atoms with Crippen molar-refractivity contribution in [3.63, 3.8) is 0 Å². The SMILES string of the molecule is Cc1ccc(OCCC(=O)Nc2ccc(C)cc2Cl)cc1. The van der Waals surface area contributed by atoms with Crippen LogP contribution < -0.4 is 10.1 Å². The van der Waals surface area contributed by atoms with Crippen molar-refractivity contribution in [1.82, 2.24) is 0 Å². The number of hydrogen-bond donors (Lipinski definition) is 1. The van der Waals surface area contributed by atoms with E-state index < -0.39 is 0 Å². The third kappa shape index (κ3) is 4.80. The lowest BCUT2D eigenvalue weighted by molar-refractivity contribution is -0.116. The van der Waals surface area contributed by atoms with Crippen molar-refractivity contribution in [2.45, 2.75) is 20.3 Å². The van der Waals surface area contributed by atoms with Crippen LogP contribution in [0.5, 0.6) is 5.75 Å². The van der Waals surface area contributed by atoms with E-state index in [1.54, 1.807) is 6.07 Å². The summed E-state index contributed by atoms with van der Waals surface area (Å²) < 4.78 is 5.52. The van der Waals surface area contributed by atoms with Gasteiger partial charge in [0.05, 0.1) is 23.7 Å². The molecule has 1 amide bonds. The molecule has 0 saturated heterocycles. The monoisotopic (exact) mass is 303 g/mol. The summed E-state index contributed by atoms with van der Waals surface area (Å²) in [7, 11) is 0. The van der Waals surface area contributed by atoms with Crippen LogP contribution in [0.25, 0.3) is 0 Å². The molecule has 2 rings (SSSR count). The number of carbonyl (C=O) groups is 1. The van der Waals surface area contributed by atoms with Gasteiger partial charge in [-0.1, -0.05) is 35.4 Å². The number of benzene rings is 2. The predicted octanol–water partition coefficient (Wildman–Crippen LogP) is 4.36. The molecule has 4 heteroatoms. The summed E-state index contributed by atoms with van der Waals surface area (Å²) in [5.41, 5.74) is 2.86. The number of amides is 1. The average Bonchev–Trinajstić information content (AvgIpc) is 2.44. The lowest BCUT2D eigenvalue weighted by atomic mass is 10.2. The first kappa shape index (κ1) is 15.4. The quantitative estimate of drug-likeness (QED) is 0.891. The molecule has 2 aromatic rings. The number of hydrogen-bond acceptors (Lipinski definition) is 2. The molecule has 0 aromatic heterocycles. The Balaban J connectivity index is 1.81. The second-order valence-corrected chi connectivity index (χ2v) is 5.35. The Morgan fingerprint density at radius 1 is 1.10 bits per heavy atom. The number of aryl methyl sites for hydroxylation is 2. The lowest BCUT2D eigenvalue weighted by Gasteiger charge is -2.09. The minimum atomic E-state index is -0.118. The summed E-state index contributed by atoms with van der Waals surface area (Å²) in [6, 6.07) is 13.3. The molecule has 0 bridgehead atoms. The highest BCUT2D eigenvalue weighted by molar-refractivity contribution is 6.33. The van der Waals surface area contributed by atoms with Crippen LogP contribution in [0.3, 0.4) is 0 Å². The smallest absolute Gasteiger partial charge is 0.227 e. The molecule has 0 aliphatic carbocycles. The average molecular weight is 304 g/mol. The molecule has 0 saturated carbocycles. The molecule has 0 aliphatic rings. The van der Waals surface area contributed by atoms with E-state index in [1.807, 2.05) is 50.2 Å². The molecular formula is C17H18ClNO2. The fraction of sp³-hybridized carbons (Fsp3) is 0.235. The van der Waals surface area contributed by atoms with Gasteiger partial charge in [-0.25, -0.2) is 0 Å². The van der Waals surface area contributed by atoms with Crippen molar-refractivity contribution in [2.75, 3.05) is 11.9 Å². The number of anilines is 1. The van der Waals surface area contributed by atoms with Crippen molar-refractivity contribution in [3.8, 4) is 5.75 Å². The van der Waals surface area contributed by atoms with Gasteiger partial charge < -0.3 is 10.1 Å². The Labute approximate surface area is 129 Å². The zero-order valence-electron chi connectivity index (χ0n) is 12.2. The standard InChI is InChI=1S/C17H18ClNO2/c1-12-3-6-14(7-4-12)21-10-9-17(20)19-16-8-5-13(2)11-15(16)18/h3-8,11H,9-10H2,1-2H3,(H,19,20). The molecule has 0 radical (unpaired) electrons. The van der Waals surface area contributed by atoms with Crippen LogP contribution in [0.2, 0.25) is 5.02 Å². The Kier molecular flexibility index (Phi) is 5.23. The summed E-state index contributed by atoms with van der Waals surface area (Å²) in [6.45, 7) is 4.30. The molecule has 0 atom stereocenters. The van der Waals surface area contributed by atoms with Gasteiger partial charge in [-0.15, -0.1) is 0 Å². The largest absolute Gasteiger partial charge is 0.493 e. The Morgan fingerprint density at radius 2 is 1.76 bits per heavy atom. The molecule has 0 heterocycles. The highest BCUT2D eigenvalue weighted by Gasteiger charge is 2.06. The third-order valence-corrected chi connectivity index (χ3v) is 3.33. The zero-order chi connectivity index (χ0) is 15.2. The first-order valence-corrected chi connectivity index (χ1v) is 7.18. The molecule has 110 valence electrons. The summed E-state index contributed by atoms with van der Waals surface area (Å²) >= 11 is 6.07. The molecular weight excluding hydrogens is 286 g/mol. The number of carbonyl (C=O) groups excluding carboxylic acids is 1. The van der Waals surface area contributed by atoms with Crippen LogP contribution in [-0.4, -0.2) is 12.5 Å². The van der Waals surface area contributed by atoms with Gasteiger partial charge in [-0.05, 0) is 43.7 Å². The minimum absolute atomic E-state index is 0.118. The molecule has 3 nitrogen and oxygen atoms in total. The van der Waals surface area contributed by atoms with Gasteiger partial charge in [0, 0.05) is 0 Å². The van der Waals surface area contributed by atoms with Gasteiger partial charge in [-0.2, -0.15) is 0 Å². The van der Waals surface area contributed by atoms with E-state index in [-0.39, 0.29) is 12.3 Å². The van der Waals surface area contributed by atoms with Gasteiger partial charge >= 0.3 is 0 Å².